The van der Waals surface area contributed by atoms with Crippen LogP contribution in [-0.2, 0) is 20.0 Å². The summed E-state index contributed by atoms with van der Waals surface area (Å²) >= 11 is 0. The molecule has 1 aromatic carbocycles. The molecule has 3 aromatic rings. The first-order chi connectivity index (χ1) is 15.3. The van der Waals surface area contributed by atoms with Gasteiger partial charge in [0.1, 0.15) is 17.0 Å². The Morgan fingerprint density at radius 3 is 2.59 bits per heavy atom. The van der Waals surface area contributed by atoms with Crippen molar-refractivity contribution in [1.29, 1.82) is 0 Å². The number of aromatic nitrogens is 4. The van der Waals surface area contributed by atoms with Gasteiger partial charge in [-0.2, -0.15) is 14.6 Å². The highest BCUT2D eigenvalue weighted by Crippen LogP contribution is 2.50. The molecule has 1 aliphatic heterocycles. The van der Waals surface area contributed by atoms with Crippen molar-refractivity contribution in [2.24, 2.45) is 0 Å². The molecule has 3 heterocycles. The highest BCUT2D eigenvalue weighted by atomic mass is 32.2. The van der Waals surface area contributed by atoms with E-state index in [-0.39, 0.29) is 16.7 Å². The monoisotopic (exact) mass is 455 g/mol. The Morgan fingerprint density at radius 1 is 1.19 bits per heavy atom. The molecule has 5 rings (SSSR count). The zero-order valence-electron chi connectivity index (χ0n) is 18.1. The first-order valence-electron chi connectivity index (χ1n) is 10.7. The van der Waals surface area contributed by atoms with Crippen molar-refractivity contribution in [3.8, 4) is 5.75 Å². The van der Waals surface area contributed by atoms with Gasteiger partial charge in [0.15, 0.2) is 9.84 Å². The fourth-order valence-electron chi connectivity index (χ4n) is 4.79. The lowest BCUT2D eigenvalue weighted by atomic mass is 9.90. The molecule has 9 nitrogen and oxygen atoms in total. The molecule has 10 heteroatoms. The molecule has 0 spiro atoms. The van der Waals surface area contributed by atoms with E-state index in [1.165, 1.54) is 23.3 Å². The summed E-state index contributed by atoms with van der Waals surface area (Å²) in [5.41, 5.74) is 1.07. The predicted molar refractivity (Wildman–Crippen MR) is 116 cm³/mol. The molecule has 2 aliphatic rings. The molecule has 2 aromatic heterocycles. The van der Waals surface area contributed by atoms with Gasteiger partial charge in [0.25, 0.3) is 5.78 Å². The summed E-state index contributed by atoms with van der Waals surface area (Å²) in [5.74, 6) is 1.05. The quantitative estimate of drug-likeness (QED) is 0.579. The van der Waals surface area contributed by atoms with Gasteiger partial charge in [0.05, 0.1) is 24.4 Å². The lowest BCUT2D eigenvalue weighted by Gasteiger charge is -2.36. The number of carbonyl (C=O) groups is 1. The van der Waals surface area contributed by atoms with E-state index in [2.05, 4.69) is 15.1 Å². The summed E-state index contributed by atoms with van der Waals surface area (Å²) in [7, 11) is -1.90. The van der Waals surface area contributed by atoms with Gasteiger partial charge in [-0.15, -0.1) is 0 Å². The molecule has 1 saturated carbocycles. The van der Waals surface area contributed by atoms with Crippen molar-refractivity contribution in [2.45, 2.75) is 41.9 Å². The van der Waals surface area contributed by atoms with Crippen LogP contribution in [0.2, 0.25) is 0 Å². The smallest absolute Gasteiger partial charge is 0.252 e. The lowest BCUT2D eigenvalue weighted by molar-refractivity contribution is -0.135. The largest absolute Gasteiger partial charge is 0.497 e. The third-order valence-corrected chi connectivity index (χ3v) is 7.72. The van der Waals surface area contributed by atoms with Gasteiger partial charge in [0.2, 0.25) is 5.91 Å². The highest BCUT2D eigenvalue weighted by molar-refractivity contribution is 7.90. The van der Waals surface area contributed by atoms with E-state index in [1.807, 2.05) is 29.2 Å². The number of hydrogen-bond acceptors (Lipinski definition) is 7. The molecule has 1 amide bonds. The number of hydrogen-bond donors (Lipinski definition) is 0. The number of ether oxygens (including phenoxy) is 1. The lowest BCUT2D eigenvalue weighted by Crippen LogP contribution is -2.45. The van der Waals surface area contributed by atoms with E-state index in [1.54, 1.807) is 7.11 Å². The molecule has 0 N–H and O–H groups in total. The minimum Gasteiger partial charge on any atom is -0.497 e. The van der Waals surface area contributed by atoms with Gasteiger partial charge < -0.3 is 9.64 Å². The van der Waals surface area contributed by atoms with Crippen molar-refractivity contribution in [2.75, 3.05) is 26.5 Å². The van der Waals surface area contributed by atoms with Crippen LogP contribution < -0.4 is 4.74 Å². The Balaban J connectivity index is 1.47. The van der Waals surface area contributed by atoms with Gasteiger partial charge in [-0.25, -0.2) is 13.4 Å². The van der Waals surface area contributed by atoms with Crippen LogP contribution in [-0.4, -0.2) is 65.3 Å². The minimum atomic E-state index is -3.52. The number of carbonyl (C=O) groups excluding carboxylic acids is 1. The number of fused-ring (bicyclic) bond motifs is 1. The second-order valence-corrected chi connectivity index (χ2v) is 10.6. The number of methoxy groups -OCH3 is 1. The van der Waals surface area contributed by atoms with Crippen molar-refractivity contribution in [1.82, 2.24) is 24.5 Å². The highest BCUT2D eigenvalue weighted by Gasteiger charge is 2.53. The summed E-state index contributed by atoms with van der Waals surface area (Å²) in [6.45, 7) is 1.10. The van der Waals surface area contributed by atoms with E-state index in [0.29, 0.717) is 24.6 Å². The van der Waals surface area contributed by atoms with Gasteiger partial charge >= 0.3 is 0 Å². The van der Waals surface area contributed by atoms with Crippen LogP contribution in [0.3, 0.4) is 0 Å². The maximum atomic E-state index is 13.6. The summed E-state index contributed by atoms with van der Waals surface area (Å²) in [6.07, 6.45) is 7.08. The van der Waals surface area contributed by atoms with Crippen LogP contribution in [0.15, 0.2) is 41.7 Å². The molecule has 0 unspecified atom stereocenters. The van der Waals surface area contributed by atoms with Crippen LogP contribution in [0.25, 0.3) is 5.78 Å². The average Bonchev–Trinajstić information content (AvgIpc) is 3.47. The molecule has 1 aliphatic carbocycles. The van der Waals surface area contributed by atoms with Crippen molar-refractivity contribution < 1.29 is 17.9 Å². The molecular formula is C22H25N5O4S. The van der Waals surface area contributed by atoms with Crippen LogP contribution in [0, 0.1) is 0 Å². The number of rotatable bonds is 5. The van der Waals surface area contributed by atoms with Crippen molar-refractivity contribution >= 4 is 21.5 Å². The van der Waals surface area contributed by atoms with Gasteiger partial charge in [-0.05, 0) is 43.4 Å². The van der Waals surface area contributed by atoms with E-state index >= 15 is 0 Å². The maximum absolute atomic E-state index is 13.6. The molecule has 0 bridgehead atoms. The van der Waals surface area contributed by atoms with E-state index in [9.17, 15) is 13.2 Å². The molecule has 1 atom stereocenters. The minimum absolute atomic E-state index is 0.108. The standard InChI is InChI=1S/C22H25N5O4S/c1-31-17-7-5-16(6-8-17)22(9-10-22)20(28)26-11-3-4-15(13-26)19-18(32(2,29)30)12-23-21-24-14-25-27(19)21/h5-8,12,14-15H,3-4,9-11,13H2,1-2H3/t15-/m0/s1. The third-order valence-electron chi connectivity index (χ3n) is 6.60. The Hall–Kier alpha value is -3.01. The maximum Gasteiger partial charge on any atom is 0.252 e. The molecule has 168 valence electrons. The number of piperidine rings is 1. The second-order valence-electron chi connectivity index (χ2n) is 8.65. The van der Waals surface area contributed by atoms with Crippen LogP contribution in [0.1, 0.15) is 42.9 Å². The number of sulfone groups is 1. The molecule has 0 radical (unpaired) electrons. The second kappa shape index (κ2) is 7.54. The average molecular weight is 456 g/mol. The normalized spacial score (nSPS) is 20.3. The fourth-order valence-corrected chi connectivity index (χ4v) is 5.67. The van der Waals surface area contributed by atoms with Crippen molar-refractivity contribution in [3.63, 3.8) is 0 Å². The van der Waals surface area contributed by atoms with Crippen molar-refractivity contribution in [3.05, 3.63) is 48.0 Å². The molecule has 32 heavy (non-hydrogen) atoms. The topological polar surface area (TPSA) is 107 Å². The Kier molecular flexibility index (Phi) is 4.92. The number of benzene rings is 1. The Bertz CT molecular complexity index is 1280. The van der Waals surface area contributed by atoms with Crippen LogP contribution in [0.5, 0.6) is 5.75 Å². The summed E-state index contributed by atoms with van der Waals surface area (Å²) in [4.78, 5) is 23.9. The van der Waals surface area contributed by atoms with Gasteiger partial charge in [-0.3, -0.25) is 4.79 Å². The Labute approximate surface area is 186 Å². The first-order valence-corrected chi connectivity index (χ1v) is 12.6. The predicted octanol–water partition coefficient (Wildman–Crippen LogP) is 1.97. The van der Waals surface area contributed by atoms with Gasteiger partial charge in [0, 0.05) is 25.3 Å². The zero-order valence-corrected chi connectivity index (χ0v) is 18.9. The van der Waals surface area contributed by atoms with E-state index in [4.69, 9.17) is 4.74 Å². The Morgan fingerprint density at radius 2 is 1.94 bits per heavy atom. The summed E-state index contributed by atoms with van der Waals surface area (Å²) < 4.78 is 31.7. The zero-order chi connectivity index (χ0) is 22.5. The summed E-state index contributed by atoms with van der Waals surface area (Å²) in [6, 6.07) is 7.71. The number of nitrogens with zero attached hydrogens (tertiary/aromatic N) is 5. The van der Waals surface area contributed by atoms with Gasteiger partial charge in [-0.1, -0.05) is 12.1 Å². The number of likely N-dealkylation sites (tertiary alicyclic amines) is 1. The third kappa shape index (κ3) is 3.42. The molecular weight excluding hydrogens is 430 g/mol. The summed E-state index contributed by atoms with van der Waals surface area (Å²) in [5, 5.41) is 4.23. The van der Waals surface area contributed by atoms with E-state index < -0.39 is 15.3 Å². The fraction of sp³-hybridized carbons (Fsp3) is 0.455. The SMILES string of the molecule is COc1ccc(C2(C(=O)N3CCC[C@H](c4c(S(C)(=O)=O)cnc5ncnn45)C3)CC2)cc1. The van der Waals surface area contributed by atoms with E-state index in [0.717, 1.165) is 37.0 Å². The molecule has 2 fully saturated rings. The van der Waals surface area contributed by atoms with Crippen LogP contribution >= 0.6 is 0 Å². The van der Waals surface area contributed by atoms with Crippen LogP contribution in [0.4, 0.5) is 0 Å². The molecule has 1 saturated heterocycles. The first kappa shape index (κ1) is 20.9. The number of amides is 1.